The summed E-state index contributed by atoms with van der Waals surface area (Å²) in [6.45, 7) is 5.70. The summed E-state index contributed by atoms with van der Waals surface area (Å²) in [7, 11) is 2.18. The van der Waals surface area contributed by atoms with Gasteiger partial charge in [0.25, 0.3) is 0 Å². The molecule has 3 nitrogen and oxygen atoms in total. The van der Waals surface area contributed by atoms with Crippen molar-refractivity contribution >= 4 is 0 Å². The van der Waals surface area contributed by atoms with Gasteiger partial charge in [-0.05, 0) is 58.0 Å². The predicted molar refractivity (Wildman–Crippen MR) is 65.3 cm³/mol. The van der Waals surface area contributed by atoms with Crippen LogP contribution in [0.15, 0.2) is 22.8 Å². The summed E-state index contributed by atoms with van der Waals surface area (Å²) in [4.78, 5) is 2.39. The minimum absolute atomic E-state index is 0.372. The number of piperidine rings is 1. The molecule has 1 aromatic heterocycles. The van der Waals surface area contributed by atoms with Gasteiger partial charge in [0.05, 0.1) is 12.3 Å². The lowest BCUT2D eigenvalue weighted by Crippen LogP contribution is -2.37. The van der Waals surface area contributed by atoms with E-state index in [4.69, 9.17) is 4.42 Å². The van der Waals surface area contributed by atoms with Gasteiger partial charge < -0.3 is 9.73 Å². The van der Waals surface area contributed by atoms with Gasteiger partial charge in [-0.25, -0.2) is 0 Å². The molecule has 1 aliphatic rings. The van der Waals surface area contributed by atoms with Crippen LogP contribution in [0.25, 0.3) is 0 Å². The lowest BCUT2D eigenvalue weighted by Gasteiger charge is -2.30. The van der Waals surface area contributed by atoms with Crippen LogP contribution in [0.1, 0.15) is 31.6 Å². The van der Waals surface area contributed by atoms with Crippen molar-refractivity contribution in [3.8, 4) is 0 Å². The Morgan fingerprint density at radius 3 is 3.12 bits per heavy atom. The minimum atomic E-state index is 0.372. The average molecular weight is 222 g/mol. The molecule has 1 aromatic rings. The standard InChI is InChI=1S/C13H22N2O/c1-11(13-6-4-8-16-13)15(2)10-12-5-3-7-14-9-12/h4,6,8,11-12,14H,3,5,7,9-10H2,1-2H3/t11-,12+/m1/s1. The molecule has 2 rings (SSSR count). The van der Waals surface area contributed by atoms with Gasteiger partial charge in [0.1, 0.15) is 5.76 Å². The van der Waals surface area contributed by atoms with Crippen LogP contribution in [0.2, 0.25) is 0 Å². The maximum atomic E-state index is 5.45. The molecule has 1 fully saturated rings. The molecule has 0 amide bonds. The molecule has 0 spiro atoms. The lowest BCUT2D eigenvalue weighted by atomic mass is 9.98. The quantitative estimate of drug-likeness (QED) is 0.847. The summed E-state index contributed by atoms with van der Waals surface area (Å²) in [5.74, 6) is 1.85. The van der Waals surface area contributed by atoms with Crippen molar-refractivity contribution in [2.45, 2.75) is 25.8 Å². The SMILES string of the molecule is C[C@H](c1ccco1)N(C)C[C@H]1CCCNC1. The zero-order valence-corrected chi connectivity index (χ0v) is 10.3. The van der Waals surface area contributed by atoms with Crippen LogP contribution in [0.5, 0.6) is 0 Å². The van der Waals surface area contributed by atoms with Gasteiger partial charge in [0.2, 0.25) is 0 Å². The molecular formula is C13H22N2O. The van der Waals surface area contributed by atoms with E-state index in [1.54, 1.807) is 6.26 Å². The molecule has 0 radical (unpaired) electrons. The number of hydrogen-bond acceptors (Lipinski definition) is 3. The normalized spacial score (nSPS) is 23.6. The van der Waals surface area contributed by atoms with Crippen LogP contribution in [-0.4, -0.2) is 31.6 Å². The Kier molecular flexibility index (Phi) is 4.02. The summed E-state index contributed by atoms with van der Waals surface area (Å²) in [6, 6.07) is 4.39. The Morgan fingerprint density at radius 2 is 2.50 bits per heavy atom. The zero-order valence-electron chi connectivity index (χ0n) is 10.3. The van der Waals surface area contributed by atoms with Crippen LogP contribution in [0.4, 0.5) is 0 Å². The molecule has 90 valence electrons. The molecule has 2 heterocycles. The van der Waals surface area contributed by atoms with Crippen LogP contribution >= 0.6 is 0 Å². The molecule has 1 saturated heterocycles. The number of nitrogens with zero attached hydrogens (tertiary/aromatic N) is 1. The Bertz CT molecular complexity index is 291. The first-order chi connectivity index (χ1) is 7.77. The van der Waals surface area contributed by atoms with Gasteiger partial charge in [-0.15, -0.1) is 0 Å². The number of hydrogen-bond donors (Lipinski definition) is 1. The third kappa shape index (κ3) is 2.86. The fraction of sp³-hybridized carbons (Fsp3) is 0.692. The molecule has 16 heavy (non-hydrogen) atoms. The number of rotatable bonds is 4. The summed E-state index contributed by atoms with van der Waals surface area (Å²) in [5, 5.41) is 3.46. The largest absolute Gasteiger partial charge is 0.468 e. The van der Waals surface area contributed by atoms with E-state index >= 15 is 0 Å². The van der Waals surface area contributed by atoms with Crippen molar-refractivity contribution in [3.05, 3.63) is 24.2 Å². The summed E-state index contributed by atoms with van der Waals surface area (Å²) < 4.78 is 5.45. The second kappa shape index (κ2) is 5.51. The lowest BCUT2D eigenvalue weighted by molar-refractivity contribution is 0.182. The molecule has 3 heteroatoms. The predicted octanol–water partition coefficient (Wildman–Crippen LogP) is 2.27. The van der Waals surface area contributed by atoms with E-state index in [0.717, 1.165) is 24.8 Å². The molecule has 0 bridgehead atoms. The molecule has 0 aromatic carbocycles. The van der Waals surface area contributed by atoms with Crippen LogP contribution in [0.3, 0.4) is 0 Å². The van der Waals surface area contributed by atoms with Crippen molar-refractivity contribution in [2.24, 2.45) is 5.92 Å². The molecular weight excluding hydrogens is 200 g/mol. The maximum Gasteiger partial charge on any atom is 0.120 e. The molecule has 1 N–H and O–H groups in total. The first-order valence-corrected chi connectivity index (χ1v) is 6.21. The van der Waals surface area contributed by atoms with Crippen molar-refractivity contribution in [3.63, 3.8) is 0 Å². The molecule has 0 aliphatic carbocycles. The Hall–Kier alpha value is -0.800. The highest BCUT2D eigenvalue weighted by Gasteiger charge is 2.19. The summed E-state index contributed by atoms with van der Waals surface area (Å²) >= 11 is 0. The van der Waals surface area contributed by atoms with Gasteiger partial charge >= 0.3 is 0 Å². The zero-order chi connectivity index (χ0) is 11.4. The number of furan rings is 1. The van der Waals surface area contributed by atoms with Crippen molar-refractivity contribution in [2.75, 3.05) is 26.7 Å². The molecule has 2 atom stereocenters. The van der Waals surface area contributed by atoms with Crippen LogP contribution in [0, 0.1) is 5.92 Å². The van der Waals surface area contributed by atoms with E-state index < -0.39 is 0 Å². The second-order valence-corrected chi connectivity index (χ2v) is 4.84. The van der Waals surface area contributed by atoms with E-state index in [1.807, 2.05) is 6.07 Å². The van der Waals surface area contributed by atoms with Crippen LogP contribution in [-0.2, 0) is 0 Å². The highest BCUT2D eigenvalue weighted by Crippen LogP contribution is 2.21. The summed E-state index contributed by atoms with van der Waals surface area (Å²) in [6.07, 6.45) is 4.41. The first kappa shape index (κ1) is 11.7. The van der Waals surface area contributed by atoms with Gasteiger partial charge in [0.15, 0.2) is 0 Å². The second-order valence-electron chi connectivity index (χ2n) is 4.84. The molecule has 0 saturated carbocycles. The van der Waals surface area contributed by atoms with Gasteiger partial charge in [-0.2, -0.15) is 0 Å². The van der Waals surface area contributed by atoms with Crippen molar-refractivity contribution in [1.29, 1.82) is 0 Å². The van der Waals surface area contributed by atoms with Gasteiger partial charge in [-0.1, -0.05) is 0 Å². The highest BCUT2D eigenvalue weighted by molar-refractivity contribution is 5.03. The Labute approximate surface area is 97.8 Å². The van der Waals surface area contributed by atoms with E-state index in [0.29, 0.717) is 6.04 Å². The molecule has 0 unspecified atom stereocenters. The smallest absolute Gasteiger partial charge is 0.120 e. The number of nitrogens with one attached hydrogen (secondary N) is 1. The van der Waals surface area contributed by atoms with E-state index in [9.17, 15) is 0 Å². The molecule has 1 aliphatic heterocycles. The maximum absolute atomic E-state index is 5.45. The van der Waals surface area contributed by atoms with Gasteiger partial charge in [-0.3, -0.25) is 4.90 Å². The third-order valence-corrected chi connectivity index (χ3v) is 3.56. The van der Waals surface area contributed by atoms with E-state index in [2.05, 4.69) is 30.3 Å². The van der Waals surface area contributed by atoms with Crippen LogP contribution < -0.4 is 5.32 Å². The fourth-order valence-corrected chi connectivity index (χ4v) is 2.39. The highest BCUT2D eigenvalue weighted by atomic mass is 16.3. The fourth-order valence-electron chi connectivity index (χ4n) is 2.39. The average Bonchev–Trinajstić information content (AvgIpc) is 2.83. The topological polar surface area (TPSA) is 28.4 Å². The van der Waals surface area contributed by atoms with E-state index in [-0.39, 0.29) is 0 Å². The Morgan fingerprint density at radius 1 is 1.62 bits per heavy atom. The minimum Gasteiger partial charge on any atom is -0.468 e. The Balaban J connectivity index is 1.84. The van der Waals surface area contributed by atoms with Crippen molar-refractivity contribution in [1.82, 2.24) is 10.2 Å². The van der Waals surface area contributed by atoms with Crippen molar-refractivity contribution < 1.29 is 4.42 Å². The third-order valence-electron chi connectivity index (χ3n) is 3.56. The van der Waals surface area contributed by atoms with E-state index in [1.165, 1.54) is 19.4 Å². The van der Waals surface area contributed by atoms with Gasteiger partial charge in [0, 0.05) is 6.54 Å². The monoisotopic (exact) mass is 222 g/mol. The first-order valence-electron chi connectivity index (χ1n) is 6.21. The summed E-state index contributed by atoms with van der Waals surface area (Å²) in [5.41, 5.74) is 0.